The first-order valence-corrected chi connectivity index (χ1v) is 17.5. The van der Waals surface area contributed by atoms with Gasteiger partial charge in [-0.05, 0) is 71.6 Å². The van der Waals surface area contributed by atoms with Crippen LogP contribution >= 0.6 is 0 Å². The highest BCUT2D eigenvalue weighted by molar-refractivity contribution is 6.17. The average Bonchev–Trinajstić information content (AvgIpc) is 3.54. The van der Waals surface area contributed by atoms with E-state index in [9.17, 15) is 0 Å². The van der Waals surface area contributed by atoms with E-state index in [0.29, 0.717) is 0 Å². The lowest BCUT2D eigenvalue weighted by Crippen LogP contribution is -2.11. The SMILES string of the molecule is Cc1cccc(-c2ccccc2-n2c3ccccc3c3c(N(c4ccc(-c5ccccc5)cc4)c4ccccc4-c4ccccc4)cccc32)c1. The number of benzene rings is 8. The van der Waals surface area contributed by atoms with Crippen molar-refractivity contribution >= 4 is 38.9 Å². The number of rotatable bonds is 7. The largest absolute Gasteiger partial charge is 0.309 e. The summed E-state index contributed by atoms with van der Waals surface area (Å²) in [7, 11) is 0. The molecular weight excluding hydrogens is 617 g/mol. The molecule has 2 nitrogen and oxygen atoms in total. The minimum atomic E-state index is 1.10. The zero-order chi connectivity index (χ0) is 34.1. The van der Waals surface area contributed by atoms with Crippen LogP contribution in [0, 0.1) is 6.92 Å². The molecule has 1 aromatic heterocycles. The monoisotopic (exact) mass is 652 g/mol. The van der Waals surface area contributed by atoms with Crippen molar-refractivity contribution in [2.45, 2.75) is 6.92 Å². The maximum Gasteiger partial charge on any atom is 0.0562 e. The van der Waals surface area contributed by atoms with Crippen LogP contribution in [0.5, 0.6) is 0 Å². The highest BCUT2D eigenvalue weighted by Gasteiger charge is 2.23. The molecule has 0 N–H and O–H groups in total. The second-order valence-electron chi connectivity index (χ2n) is 13.0. The number of aromatic nitrogens is 1. The van der Waals surface area contributed by atoms with Gasteiger partial charge in [0.15, 0.2) is 0 Å². The van der Waals surface area contributed by atoms with Gasteiger partial charge in [-0.1, -0.05) is 163 Å². The van der Waals surface area contributed by atoms with Gasteiger partial charge in [0, 0.05) is 27.6 Å². The fourth-order valence-electron chi connectivity index (χ4n) is 7.54. The molecule has 0 saturated carbocycles. The van der Waals surface area contributed by atoms with Crippen LogP contribution in [0.15, 0.2) is 200 Å². The van der Waals surface area contributed by atoms with E-state index in [-0.39, 0.29) is 0 Å². The fraction of sp³-hybridized carbons (Fsp3) is 0.0204. The van der Waals surface area contributed by atoms with E-state index < -0.39 is 0 Å². The Morgan fingerprint density at radius 2 is 0.961 bits per heavy atom. The molecule has 0 saturated heterocycles. The Balaban J connectivity index is 1.33. The van der Waals surface area contributed by atoms with Crippen LogP contribution < -0.4 is 4.90 Å². The summed E-state index contributed by atoms with van der Waals surface area (Å²) in [6.07, 6.45) is 0. The summed E-state index contributed by atoms with van der Waals surface area (Å²) in [6, 6.07) is 72.2. The Morgan fingerprint density at radius 1 is 0.392 bits per heavy atom. The smallest absolute Gasteiger partial charge is 0.0562 e. The third kappa shape index (κ3) is 5.48. The summed E-state index contributed by atoms with van der Waals surface area (Å²) in [5.74, 6) is 0. The zero-order valence-corrected chi connectivity index (χ0v) is 28.4. The maximum absolute atomic E-state index is 2.45. The van der Waals surface area contributed by atoms with Crippen molar-refractivity contribution in [3.63, 3.8) is 0 Å². The van der Waals surface area contributed by atoms with Gasteiger partial charge < -0.3 is 9.47 Å². The van der Waals surface area contributed by atoms with Crippen LogP contribution in [0.3, 0.4) is 0 Å². The zero-order valence-electron chi connectivity index (χ0n) is 28.4. The van der Waals surface area contributed by atoms with E-state index in [0.717, 1.165) is 28.3 Å². The normalized spacial score (nSPS) is 11.2. The molecule has 0 aliphatic rings. The lowest BCUT2D eigenvalue weighted by atomic mass is 10.00. The van der Waals surface area contributed by atoms with Crippen molar-refractivity contribution in [2.75, 3.05) is 4.90 Å². The average molecular weight is 653 g/mol. The molecule has 0 unspecified atom stereocenters. The molecule has 0 bridgehead atoms. The highest BCUT2D eigenvalue weighted by atomic mass is 15.2. The second kappa shape index (κ2) is 13.0. The summed E-state index contributed by atoms with van der Waals surface area (Å²) in [5, 5.41) is 2.42. The maximum atomic E-state index is 2.45. The number of aryl methyl sites for hydroxylation is 1. The lowest BCUT2D eigenvalue weighted by Gasteiger charge is -2.29. The quantitative estimate of drug-likeness (QED) is 0.166. The van der Waals surface area contributed by atoms with E-state index in [1.165, 1.54) is 55.2 Å². The number of fused-ring (bicyclic) bond motifs is 3. The molecule has 0 radical (unpaired) electrons. The Kier molecular flexibility index (Phi) is 7.75. The van der Waals surface area contributed by atoms with Crippen LogP contribution in [0.25, 0.3) is 60.9 Å². The molecule has 0 spiro atoms. The van der Waals surface area contributed by atoms with Gasteiger partial charge in [0.25, 0.3) is 0 Å². The summed E-state index contributed by atoms with van der Waals surface area (Å²) in [6.45, 7) is 2.16. The van der Waals surface area contributed by atoms with Gasteiger partial charge >= 0.3 is 0 Å². The molecule has 0 aliphatic heterocycles. The molecule has 0 fully saturated rings. The molecule has 9 rings (SSSR count). The summed E-state index contributed by atoms with van der Waals surface area (Å²) in [5.41, 5.74) is 15.3. The Bertz CT molecular complexity index is 2630. The fourth-order valence-corrected chi connectivity index (χ4v) is 7.54. The number of anilines is 3. The van der Waals surface area contributed by atoms with Crippen molar-refractivity contribution in [1.82, 2.24) is 4.57 Å². The van der Waals surface area contributed by atoms with Crippen molar-refractivity contribution in [3.05, 3.63) is 206 Å². The first-order valence-electron chi connectivity index (χ1n) is 17.5. The van der Waals surface area contributed by atoms with E-state index >= 15 is 0 Å². The molecule has 242 valence electrons. The van der Waals surface area contributed by atoms with Crippen molar-refractivity contribution in [2.24, 2.45) is 0 Å². The molecule has 8 aromatic carbocycles. The van der Waals surface area contributed by atoms with E-state index in [1.807, 2.05) is 0 Å². The van der Waals surface area contributed by atoms with Gasteiger partial charge in [0.2, 0.25) is 0 Å². The topological polar surface area (TPSA) is 8.17 Å². The number of nitrogens with zero attached hydrogens (tertiary/aromatic N) is 2. The third-order valence-electron chi connectivity index (χ3n) is 9.85. The molecule has 9 aromatic rings. The summed E-state index contributed by atoms with van der Waals surface area (Å²) in [4.78, 5) is 2.45. The first-order chi connectivity index (χ1) is 25.2. The van der Waals surface area contributed by atoms with Crippen LogP contribution in [0.1, 0.15) is 5.56 Å². The molecule has 1 heterocycles. The van der Waals surface area contributed by atoms with E-state index in [2.05, 4.69) is 217 Å². The predicted octanol–water partition coefficient (Wildman–Crippen LogP) is 13.6. The predicted molar refractivity (Wildman–Crippen MR) is 217 cm³/mol. The standard InChI is InChI=1S/C49H36N2/c1-35-16-14-21-39(34-35)42-23-9-12-26-45(42)51-46-27-13-10-24-43(46)49-47(28-15-29-48(49)51)50(40-32-30-37(31-33-40)36-17-4-2-5-18-36)44-25-11-8-22-41(44)38-19-6-3-7-20-38/h2-34H,1H3. The molecule has 2 heteroatoms. The lowest BCUT2D eigenvalue weighted by molar-refractivity contribution is 1.18. The molecule has 0 atom stereocenters. The first kappa shape index (κ1) is 30.4. The van der Waals surface area contributed by atoms with Gasteiger partial charge in [-0.25, -0.2) is 0 Å². The molecule has 0 aliphatic carbocycles. The highest BCUT2D eigenvalue weighted by Crippen LogP contribution is 2.47. The van der Waals surface area contributed by atoms with Crippen molar-refractivity contribution in [1.29, 1.82) is 0 Å². The van der Waals surface area contributed by atoms with Gasteiger partial charge in [0.05, 0.1) is 28.1 Å². The van der Waals surface area contributed by atoms with Crippen molar-refractivity contribution in [3.8, 4) is 39.1 Å². The summed E-state index contributed by atoms with van der Waals surface area (Å²) >= 11 is 0. The number of para-hydroxylation sites is 3. The van der Waals surface area contributed by atoms with Crippen LogP contribution in [-0.2, 0) is 0 Å². The van der Waals surface area contributed by atoms with Crippen LogP contribution in [0.2, 0.25) is 0 Å². The Morgan fingerprint density at radius 3 is 1.75 bits per heavy atom. The van der Waals surface area contributed by atoms with E-state index in [1.54, 1.807) is 0 Å². The number of hydrogen-bond donors (Lipinski definition) is 0. The van der Waals surface area contributed by atoms with Crippen LogP contribution in [0.4, 0.5) is 17.1 Å². The van der Waals surface area contributed by atoms with Gasteiger partial charge in [0.1, 0.15) is 0 Å². The second-order valence-corrected chi connectivity index (χ2v) is 13.0. The third-order valence-corrected chi connectivity index (χ3v) is 9.85. The minimum absolute atomic E-state index is 1.10. The number of hydrogen-bond acceptors (Lipinski definition) is 1. The molecule has 51 heavy (non-hydrogen) atoms. The Hall–Kier alpha value is -6.64. The minimum Gasteiger partial charge on any atom is -0.309 e. The van der Waals surface area contributed by atoms with Gasteiger partial charge in [-0.3, -0.25) is 0 Å². The summed E-state index contributed by atoms with van der Waals surface area (Å²) < 4.78 is 2.45. The van der Waals surface area contributed by atoms with E-state index in [4.69, 9.17) is 0 Å². The Labute approximate surface area is 299 Å². The van der Waals surface area contributed by atoms with Gasteiger partial charge in [-0.2, -0.15) is 0 Å². The molecule has 0 amide bonds. The van der Waals surface area contributed by atoms with Gasteiger partial charge in [-0.15, -0.1) is 0 Å². The van der Waals surface area contributed by atoms with Crippen LogP contribution in [-0.4, -0.2) is 4.57 Å². The van der Waals surface area contributed by atoms with Crippen molar-refractivity contribution < 1.29 is 0 Å². The molecular formula is C49H36N2.